The molecule has 0 aromatic heterocycles. The molecule has 1 atom stereocenters. The first-order valence-corrected chi connectivity index (χ1v) is 7.34. The van der Waals surface area contributed by atoms with Gasteiger partial charge >= 0.3 is 0 Å². The van der Waals surface area contributed by atoms with Gasteiger partial charge in [-0.05, 0) is 35.4 Å². The summed E-state index contributed by atoms with van der Waals surface area (Å²) in [4.78, 5) is 17.8. The molecule has 5 heteroatoms. The highest BCUT2D eigenvalue weighted by Gasteiger charge is 2.32. The maximum atomic E-state index is 12.0. The molecule has 1 aliphatic rings. The highest BCUT2D eigenvalue weighted by Crippen LogP contribution is 2.31. The molecule has 108 valence electrons. The Bertz CT molecular complexity index is 640. The molecule has 3 rings (SSSR count). The minimum Gasteiger partial charge on any atom is -0.272 e. The van der Waals surface area contributed by atoms with Crippen LogP contribution in [-0.2, 0) is 16.2 Å². The molecule has 3 nitrogen and oxygen atoms in total. The fraction of sp³-hybridized carbons (Fsp3) is 0.188. The van der Waals surface area contributed by atoms with E-state index in [9.17, 15) is 4.79 Å². The van der Waals surface area contributed by atoms with Crippen LogP contribution in [-0.4, -0.2) is 11.0 Å². The summed E-state index contributed by atoms with van der Waals surface area (Å²) in [5, 5.41) is 2.75. The zero-order valence-electron chi connectivity index (χ0n) is 11.1. The van der Waals surface area contributed by atoms with Gasteiger partial charge in [-0.3, -0.25) is 9.63 Å². The van der Waals surface area contributed by atoms with E-state index < -0.39 is 0 Å². The standard InChI is InChI=1S/C16H13Cl2NO2/c17-13-5-1-11(2-6-13)10-19-16(20)9-15(21-19)12-3-7-14(18)8-4-12/h1-8,15H,9-10H2/t15-/m1/s1. The van der Waals surface area contributed by atoms with Gasteiger partial charge in [0, 0.05) is 10.0 Å². The van der Waals surface area contributed by atoms with E-state index in [0.717, 1.165) is 11.1 Å². The number of hydroxylamine groups is 2. The lowest BCUT2D eigenvalue weighted by Crippen LogP contribution is -2.22. The van der Waals surface area contributed by atoms with Crippen molar-refractivity contribution < 1.29 is 9.63 Å². The molecule has 2 aromatic rings. The maximum Gasteiger partial charge on any atom is 0.249 e. The van der Waals surface area contributed by atoms with Crippen molar-refractivity contribution in [3.8, 4) is 0 Å². The molecule has 0 unspecified atom stereocenters. The third-order valence-corrected chi connectivity index (χ3v) is 3.88. The second-order valence-electron chi connectivity index (χ2n) is 4.91. The van der Waals surface area contributed by atoms with E-state index in [-0.39, 0.29) is 12.0 Å². The zero-order chi connectivity index (χ0) is 14.8. The van der Waals surface area contributed by atoms with Gasteiger partial charge in [-0.15, -0.1) is 0 Å². The number of rotatable bonds is 3. The van der Waals surface area contributed by atoms with Gasteiger partial charge in [0.25, 0.3) is 0 Å². The maximum absolute atomic E-state index is 12.0. The summed E-state index contributed by atoms with van der Waals surface area (Å²) in [6.07, 6.45) is 0.0944. The van der Waals surface area contributed by atoms with Crippen molar-refractivity contribution in [1.82, 2.24) is 5.06 Å². The normalized spacial score (nSPS) is 18.3. The Kier molecular flexibility index (Phi) is 4.15. The van der Waals surface area contributed by atoms with Gasteiger partial charge in [-0.2, -0.15) is 0 Å². The number of halogens is 2. The first-order valence-electron chi connectivity index (χ1n) is 6.59. The monoisotopic (exact) mass is 321 g/mol. The van der Waals surface area contributed by atoms with Crippen LogP contribution in [0.4, 0.5) is 0 Å². The number of carbonyl (C=O) groups excluding carboxylic acids is 1. The molecular weight excluding hydrogens is 309 g/mol. The average Bonchev–Trinajstić information content (AvgIpc) is 2.83. The number of carbonyl (C=O) groups is 1. The van der Waals surface area contributed by atoms with E-state index >= 15 is 0 Å². The molecule has 0 aliphatic carbocycles. The molecule has 2 aromatic carbocycles. The third-order valence-electron chi connectivity index (χ3n) is 3.37. The number of hydrogen-bond donors (Lipinski definition) is 0. The summed E-state index contributed by atoms with van der Waals surface area (Å²) >= 11 is 11.7. The summed E-state index contributed by atoms with van der Waals surface area (Å²) in [6, 6.07) is 14.7. The second kappa shape index (κ2) is 6.06. The largest absolute Gasteiger partial charge is 0.272 e. The third kappa shape index (κ3) is 3.38. The molecule has 0 bridgehead atoms. The van der Waals surface area contributed by atoms with Crippen molar-refractivity contribution in [3.05, 3.63) is 69.7 Å². The summed E-state index contributed by atoms with van der Waals surface area (Å²) < 4.78 is 0. The molecule has 1 heterocycles. The van der Waals surface area contributed by atoms with Crippen LogP contribution >= 0.6 is 23.2 Å². The van der Waals surface area contributed by atoms with E-state index in [0.29, 0.717) is 23.0 Å². The van der Waals surface area contributed by atoms with Crippen LogP contribution in [0.25, 0.3) is 0 Å². The predicted octanol–water partition coefficient (Wildman–Crippen LogP) is 4.40. The Hall–Kier alpha value is -1.55. The number of amides is 1. The summed E-state index contributed by atoms with van der Waals surface area (Å²) in [7, 11) is 0. The van der Waals surface area contributed by atoms with Crippen molar-refractivity contribution in [3.63, 3.8) is 0 Å². The van der Waals surface area contributed by atoms with Gasteiger partial charge in [0.2, 0.25) is 5.91 Å². The summed E-state index contributed by atoms with van der Waals surface area (Å²) in [5.41, 5.74) is 1.93. The fourth-order valence-corrected chi connectivity index (χ4v) is 2.50. The quantitative estimate of drug-likeness (QED) is 0.838. The fourth-order valence-electron chi connectivity index (χ4n) is 2.25. The molecule has 21 heavy (non-hydrogen) atoms. The number of hydrogen-bond acceptors (Lipinski definition) is 2. The number of benzene rings is 2. The lowest BCUT2D eigenvalue weighted by Gasteiger charge is -2.16. The smallest absolute Gasteiger partial charge is 0.249 e. The van der Waals surface area contributed by atoms with Gasteiger partial charge in [-0.1, -0.05) is 47.5 Å². The van der Waals surface area contributed by atoms with Gasteiger partial charge < -0.3 is 0 Å². The average molecular weight is 322 g/mol. The SMILES string of the molecule is O=C1C[C@H](c2ccc(Cl)cc2)ON1Cc1ccc(Cl)cc1. The minimum absolute atomic E-state index is 0.0232. The van der Waals surface area contributed by atoms with E-state index in [1.165, 1.54) is 5.06 Å². The van der Waals surface area contributed by atoms with Crippen molar-refractivity contribution >= 4 is 29.1 Å². The number of nitrogens with zero attached hydrogens (tertiary/aromatic N) is 1. The van der Waals surface area contributed by atoms with Crippen LogP contribution in [0.2, 0.25) is 10.0 Å². The van der Waals surface area contributed by atoms with Gasteiger partial charge in [-0.25, -0.2) is 5.06 Å². The van der Waals surface area contributed by atoms with Gasteiger partial charge in [0.1, 0.15) is 6.10 Å². The van der Waals surface area contributed by atoms with E-state index in [2.05, 4.69) is 0 Å². The van der Waals surface area contributed by atoms with Crippen LogP contribution in [0.5, 0.6) is 0 Å². The van der Waals surface area contributed by atoms with Crippen LogP contribution in [0.1, 0.15) is 23.7 Å². The predicted molar refractivity (Wildman–Crippen MR) is 81.9 cm³/mol. The summed E-state index contributed by atoms with van der Waals surface area (Å²) in [6.45, 7) is 0.417. The Balaban J connectivity index is 1.69. The zero-order valence-corrected chi connectivity index (χ0v) is 12.6. The first kappa shape index (κ1) is 14.4. The molecule has 0 spiro atoms. The Morgan fingerprint density at radius 3 is 2.19 bits per heavy atom. The molecule has 1 fully saturated rings. The molecule has 0 N–H and O–H groups in total. The van der Waals surface area contributed by atoms with Crippen molar-refractivity contribution in [2.75, 3.05) is 0 Å². The lowest BCUT2D eigenvalue weighted by molar-refractivity contribution is -0.177. The molecular formula is C16H13Cl2NO2. The van der Waals surface area contributed by atoms with Gasteiger partial charge in [0.05, 0.1) is 13.0 Å². The van der Waals surface area contributed by atoms with Gasteiger partial charge in [0.15, 0.2) is 0 Å². The highest BCUT2D eigenvalue weighted by molar-refractivity contribution is 6.30. The van der Waals surface area contributed by atoms with Crippen molar-refractivity contribution in [2.45, 2.75) is 19.1 Å². The molecule has 0 radical (unpaired) electrons. The van der Waals surface area contributed by atoms with Crippen LogP contribution in [0.3, 0.4) is 0 Å². The van der Waals surface area contributed by atoms with Crippen LogP contribution in [0, 0.1) is 0 Å². The van der Waals surface area contributed by atoms with Crippen molar-refractivity contribution in [1.29, 1.82) is 0 Å². The summed E-state index contributed by atoms with van der Waals surface area (Å²) in [5.74, 6) is -0.0232. The minimum atomic E-state index is -0.248. The van der Waals surface area contributed by atoms with E-state index in [1.54, 1.807) is 24.3 Å². The van der Waals surface area contributed by atoms with Crippen molar-refractivity contribution in [2.24, 2.45) is 0 Å². The molecule has 1 amide bonds. The second-order valence-corrected chi connectivity index (χ2v) is 5.78. The van der Waals surface area contributed by atoms with Crippen LogP contribution in [0.15, 0.2) is 48.5 Å². The Labute approximate surface area is 133 Å². The molecule has 1 aliphatic heterocycles. The highest BCUT2D eigenvalue weighted by atomic mass is 35.5. The molecule has 0 saturated carbocycles. The van der Waals surface area contributed by atoms with E-state index in [1.807, 2.05) is 24.3 Å². The van der Waals surface area contributed by atoms with Crippen LogP contribution < -0.4 is 0 Å². The Morgan fingerprint density at radius 2 is 1.57 bits per heavy atom. The Morgan fingerprint density at radius 1 is 1.00 bits per heavy atom. The lowest BCUT2D eigenvalue weighted by atomic mass is 10.1. The topological polar surface area (TPSA) is 29.5 Å². The molecule has 1 saturated heterocycles. The van der Waals surface area contributed by atoms with E-state index in [4.69, 9.17) is 28.0 Å². The first-order chi connectivity index (χ1) is 10.1.